The van der Waals surface area contributed by atoms with Gasteiger partial charge in [0.1, 0.15) is 11.6 Å². The molecule has 6 heteroatoms. The van der Waals surface area contributed by atoms with Crippen molar-refractivity contribution in [2.75, 3.05) is 0 Å². The zero-order valence-corrected chi connectivity index (χ0v) is 20.1. The smallest absolute Gasteiger partial charge is 0.345 e. The van der Waals surface area contributed by atoms with Crippen LogP contribution in [-0.4, -0.2) is 15.5 Å². The molecular weight excluding hydrogens is 479 g/mol. The van der Waals surface area contributed by atoms with E-state index in [0.717, 1.165) is 16.6 Å². The minimum atomic E-state index is -0.576. The molecule has 172 valence electrons. The molecule has 0 unspecified atom stereocenters. The number of ether oxygens (including phenoxy) is 1. The summed E-state index contributed by atoms with van der Waals surface area (Å²) in [6, 6.07) is 32.0. The van der Waals surface area contributed by atoms with Crippen LogP contribution >= 0.6 is 23.2 Å². The number of aromatic nitrogens is 2. The number of fused-ring (bicyclic) bond motifs is 1. The zero-order valence-electron chi connectivity index (χ0n) is 18.6. The summed E-state index contributed by atoms with van der Waals surface area (Å²) in [4.78, 5) is 17.9. The van der Waals surface area contributed by atoms with Crippen molar-refractivity contribution >= 4 is 52.0 Å². The van der Waals surface area contributed by atoms with E-state index in [1.165, 1.54) is 0 Å². The van der Waals surface area contributed by atoms with E-state index in [1.807, 2.05) is 54.6 Å². The second kappa shape index (κ2) is 10.2. The van der Waals surface area contributed by atoms with Crippen LogP contribution in [-0.2, 0) is 11.3 Å². The zero-order chi connectivity index (χ0) is 24.2. The van der Waals surface area contributed by atoms with Crippen molar-refractivity contribution in [2.24, 2.45) is 0 Å². The van der Waals surface area contributed by atoms with Gasteiger partial charge in [0.15, 0.2) is 0 Å². The summed E-state index contributed by atoms with van der Waals surface area (Å²) in [6.07, 6.45) is 1.75. The Morgan fingerprint density at radius 2 is 1.37 bits per heavy atom. The number of halogens is 2. The highest BCUT2D eigenvalue weighted by atomic mass is 35.5. The number of benzene rings is 4. The summed E-state index contributed by atoms with van der Waals surface area (Å²) >= 11 is 12.8. The Morgan fingerprint density at radius 3 is 2.09 bits per heavy atom. The van der Waals surface area contributed by atoms with Crippen molar-refractivity contribution in [1.29, 1.82) is 0 Å². The van der Waals surface area contributed by atoms with Crippen molar-refractivity contribution in [2.45, 2.75) is 6.54 Å². The van der Waals surface area contributed by atoms with E-state index in [4.69, 9.17) is 32.9 Å². The van der Waals surface area contributed by atoms with E-state index < -0.39 is 5.97 Å². The number of esters is 1. The lowest BCUT2D eigenvalue weighted by Gasteiger charge is -2.13. The third-order valence-corrected chi connectivity index (χ3v) is 6.22. The normalized spacial score (nSPS) is 11.5. The maximum atomic E-state index is 13.1. The van der Waals surface area contributed by atoms with E-state index >= 15 is 0 Å². The minimum Gasteiger partial charge on any atom is -0.422 e. The predicted octanol–water partition coefficient (Wildman–Crippen LogP) is 7.75. The first-order chi connectivity index (χ1) is 17.1. The highest BCUT2D eigenvalue weighted by Crippen LogP contribution is 2.30. The van der Waals surface area contributed by atoms with E-state index in [-0.39, 0.29) is 11.3 Å². The van der Waals surface area contributed by atoms with Crippen LogP contribution in [0.15, 0.2) is 103 Å². The fourth-order valence-electron chi connectivity index (χ4n) is 3.86. The molecule has 5 aromatic rings. The average molecular weight is 499 g/mol. The second-order valence-electron chi connectivity index (χ2n) is 7.89. The number of hydrogen-bond donors (Lipinski definition) is 0. The number of imidazole rings is 1. The predicted molar refractivity (Wildman–Crippen MR) is 141 cm³/mol. The van der Waals surface area contributed by atoms with Crippen molar-refractivity contribution in [3.8, 4) is 0 Å². The SMILES string of the molecule is O=C(O/C(=C/c1nc2ccccc2n1Cc1ccccc1)c1ccccc1Cl)c1ccccc1Cl. The van der Waals surface area contributed by atoms with Gasteiger partial charge in [0.25, 0.3) is 0 Å². The van der Waals surface area contributed by atoms with Crippen molar-refractivity contribution in [1.82, 2.24) is 9.55 Å². The Hall–Kier alpha value is -3.86. The molecule has 0 saturated heterocycles. The van der Waals surface area contributed by atoms with Gasteiger partial charge in [-0.05, 0) is 42.0 Å². The van der Waals surface area contributed by atoms with Gasteiger partial charge in [-0.25, -0.2) is 9.78 Å². The van der Waals surface area contributed by atoms with Crippen LogP contribution in [0.2, 0.25) is 10.0 Å². The van der Waals surface area contributed by atoms with Crippen molar-refractivity contribution < 1.29 is 9.53 Å². The van der Waals surface area contributed by atoms with Gasteiger partial charge in [-0.2, -0.15) is 0 Å². The highest BCUT2D eigenvalue weighted by molar-refractivity contribution is 6.34. The van der Waals surface area contributed by atoms with Crippen LogP contribution in [0.25, 0.3) is 22.9 Å². The van der Waals surface area contributed by atoms with Gasteiger partial charge in [-0.3, -0.25) is 0 Å². The molecule has 4 nitrogen and oxygen atoms in total. The number of hydrogen-bond acceptors (Lipinski definition) is 3. The van der Waals surface area contributed by atoms with Crippen molar-refractivity contribution in [3.05, 3.63) is 136 Å². The Morgan fingerprint density at radius 1 is 0.771 bits per heavy atom. The fourth-order valence-corrected chi connectivity index (χ4v) is 4.30. The molecule has 0 spiro atoms. The molecule has 0 aliphatic carbocycles. The van der Waals surface area contributed by atoms with Crippen molar-refractivity contribution in [3.63, 3.8) is 0 Å². The van der Waals surface area contributed by atoms with Crippen LogP contribution in [0, 0.1) is 0 Å². The van der Waals surface area contributed by atoms with Crippen LogP contribution in [0.3, 0.4) is 0 Å². The maximum absolute atomic E-state index is 13.1. The molecule has 0 bridgehead atoms. The summed E-state index contributed by atoms with van der Waals surface area (Å²) in [5.41, 5.74) is 3.78. The third kappa shape index (κ3) is 4.99. The average Bonchev–Trinajstić information content (AvgIpc) is 3.21. The number of carbonyl (C=O) groups excluding carboxylic acids is 1. The first-order valence-corrected chi connectivity index (χ1v) is 11.8. The summed E-state index contributed by atoms with van der Waals surface area (Å²) in [5, 5.41) is 0.767. The third-order valence-electron chi connectivity index (χ3n) is 5.56. The lowest BCUT2D eigenvalue weighted by Crippen LogP contribution is -2.07. The minimum absolute atomic E-state index is 0.268. The largest absolute Gasteiger partial charge is 0.422 e. The van der Waals surface area contributed by atoms with E-state index in [0.29, 0.717) is 28.0 Å². The monoisotopic (exact) mass is 498 g/mol. The second-order valence-corrected chi connectivity index (χ2v) is 8.70. The molecular formula is C29H20Cl2N2O2. The summed E-state index contributed by atoms with van der Waals surface area (Å²) in [7, 11) is 0. The van der Waals surface area contributed by atoms with Crippen LogP contribution < -0.4 is 0 Å². The van der Waals surface area contributed by atoms with Gasteiger partial charge in [0, 0.05) is 18.2 Å². The van der Waals surface area contributed by atoms with E-state index in [2.05, 4.69) is 16.7 Å². The first-order valence-electron chi connectivity index (χ1n) is 11.0. The molecule has 0 radical (unpaired) electrons. The molecule has 5 rings (SSSR count). The topological polar surface area (TPSA) is 44.1 Å². The summed E-state index contributed by atoms with van der Waals surface area (Å²) in [5.74, 6) is 0.342. The van der Waals surface area contributed by atoms with E-state index in [1.54, 1.807) is 42.5 Å². The Labute approximate surface area is 213 Å². The molecule has 0 aliphatic heterocycles. The Kier molecular flexibility index (Phi) is 6.66. The maximum Gasteiger partial charge on any atom is 0.345 e. The lowest BCUT2D eigenvalue weighted by molar-refractivity contribution is 0.0694. The highest BCUT2D eigenvalue weighted by Gasteiger charge is 2.19. The first kappa shape index (κ1) is 22.9. The van der Waals surface area contributed by atoms with Gasteiger partial charge in [0.05, 0.1) is 26.6 Å². The van der Waals surface area contributed by atoms with E-state index in [9.17, 15) is 4.79 Å². The fraction of sp³-hybridized carbons (Fsp3) is 0.0345. The molecule has 35 heavy (non-hydrogen) atoms. The molecule has 1 heterocycles. The molecule has 0 N–H and O–H groups in total. The lowest BCUT2D eigenvalue weighted by atomic mass is 10.1. The number of para-hydroxylation sites is 2. The molecule has 1 aromatic heterocycles. The van der Waals surface area contributed by atoms with Gasteiger partial charge in [-0.1, -0.05) is 89.9 Å². The molecule has 0 saturated carbocycles. The van der Waals surface area contributed by atoms with Gasteiger partial charge < -0.3 is 9.30 Å². The summed E-state index contributed by atoms with van der Waals surface area (Å²) < 4.78 is 7.98. The number of rotatable bonds is 6. The van der Waals surface area contributed by atoms with Crippen LogP contribution in [0.4, 0.5) is 0 Å². The standard InChI is InChI=1S/C29H20Cl2N2O2/c30-23-14-6-4-12-21(23)27(35-29(34)22-13-5-7-15-24(22)31)18-28-32-25-16-8-9-17-26(25)33(28)19-20-10-2-1-3-11-20/h1-18H,19H2/b27-18+. The quantitative estimate of drug-likeness (QED) is 0.177. The van der Waals surface area contributed by atoms with Crippen LogP contribution in [0.5, 0.6) is 0 Å². The number of carbonyl (C=O) groups is 1. The van der Waals surface area contributed by atoms with Gasteiger partial charge >= 0.3 is 5.97 Å². The molecule has 0 atom stereocenters. The summed E-state index contributed by atoms with van der Waals surface area (Å²) in [6.45, 7) is 0.599. The molecule has 4 aromatic carbocycles. The number of nitrogens with zero attached hydrogens (tertiary/aromatic N) is 2. The van der Waals surface area contributed by atoms with Gasteiger partial charge in [-0.15, -0.1) is 0 Å². The molecule has 0 fully saturated rings. The molecule has 0 amide bonds. The van der Waals surface area contributed by atoms with Gasteiger partial charge in [0.2, 0.25) is 0 Å². The molecule has 0 aliphatic rings. The Balaban J connectivity index is 1.64. The Bertz CT molecular complexity index is 1540. The van der Waals surface area contributed by atoms with Crippen LogP contribution in [0.1, 0.15) is 27.3 Å².